The molecule has 2 saturated heterocycles. The molecule has 0 N–H and O–H groups in total. The Morgan fingerprint density at radius 3 is 2.65 bits per heavy atom. The maximum Gasteiger partial charge on any atom is 0.236 e. The maximum absolute atomic E-state index is 13.4. The van der Waals surface area contributed by atoms with E-state index < -0.39 is 0 Å². The molecule has 184 valence electrons. The molecule has 4 aliphatic rings. The van der Waals surface area contributed by atoms with Crippen LogP contribution in [-0.4, -0.2) is 85.1 Å². The van der Waals surface area contributed by atoms with Crippen molar-refractivity contribution in [3.05, 3.63) is 42.0 Å². The van der Waals surface area contributed by atoms with Crippen LogP contribution in [0.4, 0.5) is 0 Å². The molecule has 1 aromatic rings. The standard InChI is InChI=1S/C27H37N3O4/c31-26(28-12-15-33-16-13-28)17-21-10-11-29-18-22(21)6-4-14-34-25-9-2-1-5-23(25)19-30(20-27(29)32)24-7-3-8-24/h1-2,4-6,9,21-22,24H,3,7-8,10-20H2/b6-4-/t21-,22-/m0/s1. The highest BCUT2D eigenvalue weighted by molar-refractivity contribution is 5.79. The molecule has 0 unspecified atom stereocenters. The highest BCUT2D eigenvalue weighted by Gasteiger charge is 2.35. The van der Waals surface area contributed by atoms with Gasteiger partial charge in [0, 0.05) is 50.7 Å². The van der Waals surface area contributed by atoms with Crippen LogP contribution in [0.15, 0.2) is 36.4 Å². The third-order valence-corrected chi connectivity index (χ3v) is 7.95. The summed E-state index contributed by atoms with van der Waals surface area (Å²) in [6, 6.07) is 8.66. The SMILES string of the molecule is O=C(C[C@@H]1CCN2C[C@@H]1/C=C\COc1ccccc1CN(C1CCC1)CC2=O)N1CCOCC1. The molecule has 3 fully saturated rings. The molecule has 1 aromatic carbocycles. The number of nitrogens with zero attached hydrogens (tertiary/aromatic N) is 3. The van der Waals surface area contributed by atoms with Gasteiger partial charge in [0.1, 0.15) is 12.4 Å². The first-order valence-corrected chi connectivity index (χ1v) is 12.9. The van der Waals surface area contributed by atoms with Crippen LogP contribution in [0.25, 0.3) is 0 Å². The molecule has 7 heteroatoms. The topological polar surface area (TPSA) is 62.3 Å². The van der Waals surface area contributed by atoms with E-state index in [9.17, 15) is 9.59 Å². The molecule has 1 aliphatic carbocycles. The van der Waals surface area contributed by atoms with Crippen molar-refractivity contribution in [2.24, 2.45) is 11.8 Å². The minimum atomic E-state index is 0.166. The number of para-hydroxylation sites is 1. The van der Waals surface area contributed by atoms with Gasteiger partial charge in [0.05, 0.1) is 19.8 Å². The van der Waals surface area contributed by atoms with E-state index in [0.29, 0.717) is 58.5 Å². The van der Waals surface area contributed by atoms with Gasteiger partial charge in [-0.3, -0.25) is 14.5 Å². The second kappa shape index (κ2) is 10.9. The quantitative estimate of drug-likeness (QED) is 0.640. The molecule has 5 rings (SSSR count). The Labute approximate surface area is 202 Å². The number of piperidine rings is 1. The zero-order chi connectivity index (χ0) is 23.3. The van der Waals surface area contributed by atoms with Gasteiger partial charge in [-0.05, 0) is 37.2 Å². The lowest BCUT2D eigenvalue weighted by atomic mass is 9.82. The normalized spacial score (nSPS) is 27.9. The van der Waals surface area contributed by atoms with E-state index in [1.54, 1.807) is 0 Å². The van der Waals surface area contributed by atoms with Crippen LogP contribution in [0.5, 0.6) is 5.75 Å². The molecular weight excluding hydrogens is 430 g/mol. The molecule has 0 aromatic heterocycles. The number of hydrogen-bond donors (Lipinski definition) is 0. The van der Waals surface area contributed by atoms with E-state index in [1.165, 1.54) is 6.42 Å². The third kappa shape index (κ3) is 5.47. The minimum Gasteiger partial charge on any atom is -0.489 e. The monoisotopic (exact) mass is 467 g/mol. The van der Waals surface area contributed by atoms with Crippen molar-refractivity contribution in [2.45, 2.75) is 44.7 Å². The summed E-state index contributed by atoms with van der Waals surface area (Å²) in [5.41, 5.74) is 1.14. The van der Waals surface area contributed by atoms with E-state index in [2.05, 4.69) is 23.1 Å². The molecule has 3 heterocycles. The van der Waals surface area contributed by atoms with Crippen LogP contribution < -0.4 is 4.74 Å². The summed E-state index contributed by atoms with van der Waals surface area (Å²) in [5, 5.41) is 0. The Morgan fingerprint density at radius 1 is 1.03 bits per heavy atom. The van der Waals surface area contributed by atoms with Crippen molar-refractivity contribution in [1.82, 2.24) is 14.7 Å². The Bertz CT molecular complexity index is 894. The minimum absolute atomic E-state index is 0.166. The van der Waals surface area contributed by atoms with Crippen molar-refractivity contribution in [3.63, 3.8) is 0 Å². The fourth-order valence-corrected chi connectivity index (χ4v) is 5.60. The van der Waals surface area contributed by atoms with E-state index in [-0.39, 0.29) is 23.7 Å². The van der Waals surface area contributed by atoms with E-state index in [1.807, 2.05) is 28.0 Å². The highest BCUT2D eigenvalue weighted by atomic mass is 16.5. The summed E-state index contributed by atoms with van der Waals surface area (Å²) in [4.78, 5) is 32.7. The Hall–Kier alpha value is -2.38. The first kappa shape index (κ1) is 23.4. The Morgan fingerprint density at radius 2 is 1.85 bits per heavy atom. The van der Waals surface area contributed by atoms with Crippen molar-refractivity contribution in [3.8, 4) is 5.75 Å². The van der Waals surface area contributed by atoms with Gasteiger partial charge in [0.25, 0.3) is 0 Å². The van der Waals surface area contributed by atoms with Gasteiger partial charge in [0.15, 0.2) is 0 Å². The largest absolute Gasteiger partial charge is 0.489 e. The van der Waals surface area contributed by atoms with E-state index in [4.69, 9.17) is 9.47 Å². The van der Waals surface area contributed by atoms with Gasteiger partial charge in [0.2, 0.25) is 11.8 Å². The Balaban J connectivity index is 1.33. The lowest BCUT2D eigenvalue weighted by molar-refractivity contribution is -0.138. The molecule has 0 spiro atoms. The number of carbonyl (C=O) groups excluding carboxylic acids is 2. The molecule has 7 nitrogen and oxygen atoms in total. The van der Waals surface area contributed by atoms with Crippen LogP contribution in [0.1, 0.15) is 37.7 Å². The lowest BCUT2D eigenvalue weighted by Gasteiger charge is -2.41. The fourth-order valence-electron chi connectivity index (χ4n) is 5.60. The zero-order valence-corrected chi connectivity index (χ0v) is 20.1. The van der Waals surface area contributed by atoms with Crippen molar-refractivity contribution < 1.29 is 19.1 Å². The highest BCUT2D eigenvalue weighted by Crippen LogP contribution is 2.32. The van der Waals surface area contributed by atoms with Crippen LogP contribution in [0, 0.1) is 11.8 Å². The molecule has 2 atom stereocenters. The summed E-state index contributed by atoms with van der Waals surface area (Å²) in [6.45, 7) is 5.71. The zero-order valence-electron chi connectivity index (χ0n) is 20.1. The van der Waals surface area contributed by atoms with Crippen LogP contribution in [-0.2, 0) is 20.9 Å². The number of morpholine rings is 1. The van der Waals surface area contributed by atoms with Crippen LogP contribution >= 0.6 is 0 Å². The molecule has 2 amide bonds. The molecule has 0 radical (unpaired) electrons. The van der Waals surface area contributed by atoms with Crippen molar-refractivity contribution in [1.29, 1.82) is 0 Å². The summed E-state index contributed by atoms with van der Waals surface area (Å²) < 4.78 is 11.6. The number of rotatable bonds is 3. The number of amides is 2. The van der Waals surface area contributed by atoms with Gasteiger partial charge in [-0.25, -0.2) is 0 Å². The van der Waals surface area contributed by atoms with Gasteiger partial charge in [-0.2, -0.15) is 0 Å². The van der Waals surface area contributed by atoms with E-state index in [0.717, 1.165) is 43.7 Å². The number of fused-ring (bicyclic) bond motifs is 3. The first-order chi connectivity index (χ1) is 16.7. The van der Waals surface area contributed by atoms with Crippen molar-refractivity contribution >= 4 is 11.8 Å². The molecule has 1 saturated carbocycles. The summed E-state index contributed by atoms with van der Waals surface area (Å²) in [5.74, 6) is 1.73. The third-order valence-electron chi connectivity index (χ3n) is 7.95. The molecule has 2 bridgehead atoms. The number of hydrogen-bond acceptors (Lipinski definition) is 5. The molecule has 34 heavy (non-hydrogen) atoms. The average Bonchev–Trinajstić information content (AvgIpc) is 2.83. The van der Waals surface area contributed by atoms with Gasteiger partial charge in [-0.15, -0.1) is 0 Å². The lowest BCUT2D eigenvalue weighted by Crippen LogP contribution is -2.50. The van der Waals surface area contributed by atoms with Crippen LogP contribution in [0.2, 0.25) is 0 Å². The second-order valence-corrected chi connectivity index (χ2v) is 10.1. The second-order valence-electron chi connectivity index (χ2n) is 10.1. The number of benzene rings is 1. The maximum atomic E-state index is 13.4. The fraction of sp³-hybridized carbons (Fsp3) is 0.630. The predicted molar refractivity (Wildman–Crippen MR) is 129 cm³/mol. The summed E-state index contributed by atoms with van der Waals surface area (Å²) in [6.07, 6.45) is 9.21. The average molecular weight is 468 g/mol. The van der Waals surface area contributed by atoms with E-state index >= 15 is 0 Å². The predicted octanol–water partition coefficient (Wildman–Crippen LogP) is 2.70. The van der Waals surface area contributed by atoms with Gasteiger partial charge in [-0.1, -0.05) is 36.8 Å². The Kier molecular flexibility index (Phi) is 7.50. The number of ether oxygens (including phenoxy) is 2. The molecular formula is C27H37N3O4. The smallest absolute Gasteiger partial charge is 0.236 e. The van der Waals surface area contributed by atoms with Gasteiger partial charge < -0.3 is 19.3 Å². The summed E-state index contributed by atoms with van der Waals surface area (Å²) >= 11 is 0. The first-order valence-electron chi connectivity index (χ1n) is 12.9. The van der Waals surface area contributed by atoms with Gasteiger partial charge >= 0.3 is 0 Å². The molecule has 3 aliphatic heterocycles. The van der Waals surface area contributed by atoms with Crippen molar-refractivity contribution in [2.75, 3.05) is 52.5 Å². The number of carbonyl (C=O) groups is 2. The van der Waals surface area contributed by atoms with Crippen LogP contribution in [0.3, 0.4) is 0 Å². The summed E-state index contributed by atoms with van der Waals surface area (Å²) in [7, 11) is 0.